The lowest BCUT2D eigenvalue weighted by atomic mass is 9.87. The minimum absolute atomic E-state index is 0.247. The van der Waals surface area contributed by atoms with Crippen molar-refractivity contribution in [2.75, 3.05) is 6.61 Å². The Balaban J connectivity index is 2.02. The topological polar surface area (TPSA) is 112 Å². The van der Waals surface area contributed by atoms with Crippen LogP contribution in [0.2, 0.25) is 0 Å². The highest BCUT2D eigenvalue weighted by Crippen LogP contribution is 2.31. The minimum atomic E-state index is -1.46. The van der Waals surface area contributed by atoms with E-state index < -0.39 is 48.2 Å². The van der Waals surface area contributed by atoms with Gasteiger partial charge in [0.15, 0.2) is 12.4 Å². The predicted octanol–water partition coefficient (Wildman–Crippen LogP) is 4.92. The Labute approximate surface area is 228 Å². The van der Waals surface area contributed by atoms with Gasteiger partial charge in [0, 0.05) is 13.8 Å². The molecule has 0 radical (unpaired) electrons. The fraction of sp³-hybridized carbons (Fsp3) is 0.733. The molecule has 6 unspecified atom stereocenters. The first-order valence-electron chi connectivity index (χ1n) is 13.8. The maximum Gasteiger partial charge on any atom is 0.303 e. The second kappa shape index (κ2) is 15.0. The van der Waals surface area contributed by atoms with Crippen molar-refractivity contribution in [2.45, 2.75) is 130 Å². The molecule has 0 amide bonds. The van der Waals surface area contributed by atoms with E-state index in [0.717, 1.165) is 38.5 Å². The van der Waals surface area contributed by atoms with Crippen molar-refractivity contribution in [1.82, 2.24) is 0 Å². The van der Waals surface area contributed by atoms with Gasteiger partial charge in [0.25, 0.3) is 0 Å². The molecule has 8 heteroatoms. The number of allylic oxidation sites excluding steroid dienone is 6. The van der Waals surface area contributed by atoms with Crippen LogP contribution in [-0.4, -0.2) is 65.1 Å². The summed E-state index contributed by atoms with van der Waals surface area (Å²) in [6.45, 7) is 12.6. The molecule has 0 saturated carbocycles. The molecule has 8 nitrogen and oxygen atoms in total. The zero-order valence-corrected chi connectivity index (χ0v) is 24.2. The van der Waals surface area contributed by atoms with Crippen molar-refractivity contribution in [1.29, 1.82) is 0 Å². The summed E-state index contributed by atoms with van der Waals surface area (Å²) in [6.07, 6.45) is 7.73. The van der Waals surface area contributed by atoms with E-state index in [4.69, 9.17) is 18.9 Å². The van der Waals surface area contributed by atoms with Gasteiger partial charge in [-0.2, -0.15) is 0 Å². The molecule has 6 atom stereocenters. The Kier molecular flexibility index (Phi) is 12.7. The molecular formula is C30H48O8. The highest BCUT2D eigenvalue weighted by atomic mass is 16.7. The van der Waals surface area contributed by atoms with Gasteiger partial charge in [-0.05, 0) is 85.5 Å². The van der Waals surface area contributed by atoms with E-state index in [0.29, 0.717) is 12.3 Å². The van der Waals surface area contributed by atoms with Crippen LogP contribution in [0.4, 0.5) is 0 Å². The molecule has 1 aliphatic heterocycles. The second-order valence-corrected chi connectivity index (χ2v) is 11.4. The lowest BCUT2D eigenvalue weighted by Gasteiger charge is -2.43. The van der Waals surface area contributed by atoms with Crippen LogP contribution in [0.25, 0.3) is 0 Å². The van der Waals surface area contributed by atoms with E-state index in [2.05, 4.69) is 39.0 Å². The lowest BCUT2D eigenvalue weighted by Crippen LogP contribution is -2.61. The number of aliphatic hydroxyl groups excluding tert-OH is 2. The van der Waals surface area contributed by atoms with Gasteiger partial charge >= 0.3 is 11.9 Å². The summed E-state index contributed by atoms with van der Waals surface area (Å²) in [5, 5.41) is 21.3. The number of hydrogen-bond acceptors (Lipinski definition) is 8. The van der Waals surface area contributed by atoms with Gasteiger partial charge in [-0.1, -0.05) is 34.9 Å². The minimum Gasteiger partial charge on any atom is -0.463 e. The molecule has 2 aliphatic rings. The zero-order chi connectivity index (χ0) is 28.5. The third kappa shape index (κ3) is 10.6. The summed E-state index contributed by atoms with van der Waals surface area (Å²) in [5.74, 6) is -0.691. The first-order chi connectivity index (χ1) is 17.8. The maximum absolute atomic E-state index is 11.5. The fourth-order valence-corrected chi connectivity index (χ4v) is 4.89. The number of rotatable bonds is 9. The van der Waals surface area contributed by atoms with E-state index in [1.807, 2.05) is 13.8 Å². The second-order valence-electron chi connectivity index (χ2n) is 11.4. The molecule has 216 valence electrons. The molecule has 2 rings (SSSR count). The molecule has 0 aromatic carbocycles. The van der Waals surface area contributed by atoms with E-state index in [-0.39, 0.29) is 6.61 Å². The molecule has 38 heavy (non-hydrogen) atoms. The molecule has 1 fully saturated rings. The molecule has 0 aromatic heterocycles. The standard InChI is InChI=1S/C30H48O8/c1-19-10-8-11-20(2)14-16-24(15-13-19)21(3)12-9-17-30(6,7)38-29-27(34)26(33)28(36-23(5)32)25(37-29)18-35-22(4)31/h10,12,14,24-29,33-34H,8-9,11,13,15-18H2,1-7H3. The van der Waals surface area contributed by atoms with Crippen molar-refractivity contribution in [3.05, 3.63) is 34.9 Å². The molecule has 0 aromatic rings. The summed E-state index contributed by atoms with van der Waals surface area (Å²) in [5.41, 5.74) is 3.59. The molecule has 0 spiro atoms. The quantitative estimate of drug-likeness (QED) is 0.315. The number of carbonyl (C=O) groups excluding carboxylic acids is 2. The monoisotopic (exact) mass is 536 g/mol. The normalized spacial score (nSPS) is 29.7. The fourth-order valence-electron chi connectivity index (χ4n) is 4.89. The number of aliphatic hydroxyl groups is 2. The van der Waals surface area contributed by atoms with Gasteiger partial charge in [0.2, 0.25) is 0 Å². The third-order valence-corrected chi connectivity index (χ3v) is 7.35. The lowest BCUT2D eigenvalue weighted by molar-refractivity contribution is -0.325. The molecule has 1 aliphatic carbocycles. The third-order valence-electron chi connectivity index (χ3n) is 7.35. The summed E-state index contributed by atoms with van der Waals surface area (Å²) < 4.78 is 22.1. The Hall–Kier alpha value is -2.00. The van der Waals surface area contributed by atoms with E-state index in [1.54, 1.807) is 0 Å². The highest BCUT2D eigenvalue weighted by Gasteiger charge is 2.48. The van der Waals surface area contributed by atoms with Crippen LogP contribution in [0.1, 0.15) is 93.4 Å². The first-order valence-corrected chi connectivity index (χ1v) is 13.8. The van der Waals surface area contributed by atoms with Crippen molar-refractivity contribution < 1.29 is 38.7 Å². The average Bonchev–Trinajstić information content (AvgIpc) is 2.82. The molecule has 1 heterocycles. The van der Waals surface area contributed by atoms with Crippen LogP contribution >= 0.6 is 0 Å². The average molecular weight is 537 g/mol. The maximum atomic E-state index is 11.5. The van der Waals surface area contributed by atoms with E-state index in [9.17, 15) is 19.8 Å². The molecule has 0 bridgehead atoms. The van der Waals surface area contributed by atoms with Crippen LogP contribution in [0.15, 0.2) is 34.9 Å². The van der Waals surface area contributed by atoms with Crippen molar-refractivity contribution in [2.24, 2.45) is 5.92 Å². The summed E-state index contributed by atoms with van der Waals surface area (Å²) in [7, 11) is 0. The number of esters is 2. The summed E-state index contributed by atoms with van der Waals surface area (Å²) in [6, 6.07) is 0. The Morgan fingerprint density at radius 2 is 1.74 bits per heavy atom. The zero-order valence-electron chi connectivity index (χ0n) is 24.2. The Morgan fingerprint density at radius 1 is 1.05 bits per heavy atom. The summed E-state index contributed by atoms with van der Waals surface area (Å²) >= 11 is 0. The van der Waals surface area contributed by atoms with Gasteiger partial charge in [-0.15, -0.1) is 0 Å². The van der Waals surface area contributed by atoms with Crippen molar-refractivity contribution in [3.63, 3.8) is 0 Å². The number of carbonyl (C=O) groups is 2. The van der Waals surface area contributed by atoms with Crippen molar-refractivity contribution >= 4 is 11.9 Å². The van der Waals surface area contributed by atoms with Crippen LogP contribution in [0.3, 0.4) is 0 Å². The van der Waals surface area contributed by atoms with E-state index in [1.165, 1.54) is 30.6 Å². The van der Waals surface area contributed by atoms with Gasteiger partial charge in [0.1, 0.15) is 24.9 Å². The number of ether oxygens (including phenoxy) is 4. The van der Waals surface area contributed by atoms with Crippen LogP contribution in [0.5, 0.6) is 0 Å². The first kappa shape index (κ1) is 32.2. The van der Waals surface area contributed by atoms with E-state index >= 15 is 0 Å². The Morgan fingerprint density at radius 3 is 2.39 bits per heavy atom. The van der Waals surface area contributed by atoms with Crippen LogP contribution in [0, 0.1) is 5.92 Å². The Bertz CT molecular complexity index is 887. The van der Waals surface area contributed by atoms with Gasteiger partial charge < -0.3 is 29.2 Å². The molecular weight excluding hydrogens is 488 g/mol. The largest absolute Gasteiger partial charge is 0.463 e. The predicted molar refractivity (Wildman–Crippen MR) is 145 cm³/mol. The van der Waals surface area contributed by atoms with Crippen molar-refractivity contribution in [3.8, 4) is 0 Å². The van der Waals surface area contributed by atoms with Crippen LogP contribution < -0.4 is 0 Å². The van der Waals surface area contributed by atoms with Gasteiger partial charge in [0.05, 0.1) is 5.60 Å². The van der Waals surface area contributed by atoms with Gasteiger partial charge in [-0.25, -0.2) is 0 Å². The SMILES string of the molecule is CC(=O)OCC1OC(OC(C)(C)CCC=C(C)C2CC=C(C)CCC=C(C)CC2)C(O)C(O)C1OC(C)=O. The highest BCUT2D eigenvalue weighted by molar-refractivity contribution is 5.66. The molecule has 2 N–H and O–H groups in total. The van der Waals surface area contributed by atoms with Crippen LogP contribution in [-0.2, 0) is 28.5 Å². The number of hydrogen-bond donors (Lipinski definition) is 2. The molecule has 1 saturated heterocycles. The summed E-state index contributed by atoms with van der Waals surface area (Å²) in [4.78, 5) is 22.8. The smallest absolute Gasteiger partial charge is 0.303 e. The van der Waals surface area contributed by atoms with Gasteiger partial charge in [-0.3, -0.25) is 9.59 Å².